The molecule has 0 aliphatic rings. The molecule has 0 spiro atoms. The number of rotatable bonds is 9. The van der Waals surface area contributed by atoms with Gasteiger partial charge in [0.05, 0.1) is 0 Å². The number of aliphatic hydroxyl groups excluding tert-OH is 1. The molecule has 1 rings (SSSR count). The summed E-state index contributed by atoms with van der Waals surface area (Å²) < 4.78 is 5.71. The van der Waals surface area contributed by atoms with Crippen molar-refractivity contribution in [3.63, 3.8) is 0 Å². The molecular weight excluding hydrogens is 262 g/mol. The largest absolute Gasteiger partial charge is 0.491 e. The van der Waals surface area contributed by atoms with Crippen molar-refractivity contribution >= 4 is 0 Å². The highest BCUT2D eigenvalue weighted by molar-refractivity contribution is 5.35. The summed E-state index contributed by atoms with van der Waals surface area (Å²) in [6.07, 6.45) is 1.85. The van der Waals surface area contributed by atoms with Crippen LogP contribution in [-0.4, -0.2) is 30.4 Å². The van der Waals surface area contributed by atoms with Gasteiger partial charge in [0.15, 0.2) is 0 Å². The van der Waals surface area contributed by atoms with Gasteiger partial charge in [-0.15, -0.1) is 0 Å². The van der Waals surface area contributed by atoms with Gasteiger partial charge in [-0.3, -0.25) is 0 Å². The third-order valence-corrected chi connectivity index (χ3v) is 4.19. The Bertz CT molecular complexity index is 416. The predicted molar refractivity (Wildman–Crippen MR) is 89.0 cm³/mol. The summed E-state index contributed by atoms with van der Waals surface area (Å²) in [4.78, 5) is 0. The highest BCUT2D eigenvalue weighted by Crippen LogP contribution is 2.18. The van der Waals surface area contributed by atoms with Gasteiger partial charge in [-0.05, 0) is 38.3 Å². The number of hydrogen-bond acceptors (Lipinski definition) is 3. The summed E-state index contributed by atoms with van der Waals surface area (Å²) in [6.45, 7) is 11.6. The first-order chi connectivity index (χ1) is 9.97. The van der Waals surface area contributed by atoms with Crippen LogP contribution in [0.15, 0.2) is 18.2 Å². The second-order valence-corrected chi connectivity index (χ2v) is 6.01. The molecule has 0 radical (unpaired) electrons. The van der Waals surface area contributed by atoms with Crippen molar-refractivity contribution in [2.45, 2.75) is 59.6 Å². The molecule has 0 saturated heterocycles. The van der Waals surface area contributed by atoms with Gasteiger partial charge in [0.25, 0.3) is 0 Å². The van der Waals surface area contributed by atoms with E-state index >= 15 is 0 Å². The van der Waals surface area contributed by atoms with Gasteiger partial charge < -0.3 is 15.2 Å². The monoisotopic (exact) mass is 293 g/mol. The average Bonchev–Trinajstić information content (AvgIpc) is 2.45. The highest BCUT2D eigenvalue weighted by Gasteiger charge is 2.14. The van der Waals surface area contributed by atoms with Crippen molar-refractivity contribution in [1.82, 2.24) is 5.32 Å². The molecule has 120 valence electrons. The Labute approximate surface area is 129 Å². The Hall–Kier alpha value is -1.06. The van der Waals surface area contributed by atoms with Crippen LogP contribution in [-0.2, 0) is 0 Å². The average molecular weight is 293 g/mol. The van der Waals surface area contributed by atoms with Crippen LogP contribution in [0.1, 0.15) is 44.7 Å². The number of benzene rings is 1. The number of aryl methyl sites for hydroxylation is 2. The maximum absolute atomic E-state index is 10.0. The Morgan fingerprint density at radius 3 is 2.43 bits per heavy atom. The lowest BCUT2D eigenvalue weighted by Gasteiger charge is -2.24. The maximum atomic E-state index is 10.0. The van der Waals surface area contributed by atoms with Crippen molar-refractivity contribution in [2.75, 3.05) is 13.2 Å². The molecule has 1 aromatic carbocycles. The highest BCUT2D eigenvalue weighted by atomic mass is 16.5. The molecule has 2 unspecified atom stereocenters. The SMILES string of the molecule is CCC(CC)C(C)NCC(O)COc1ccc(C)cc1C. The minimum atomic E-state index is -0.484. The minimum absolute atomic E-state index is 0.326. The summed E-state index contributed by atoms with van der Waals surface area (Å²) in [5.41, 5.74) is 2.33. The van der Waals surface area contributed by atoms with Crippen LogP contribution >= 0.6 is 0 Å². The second-order valence-electron chi connectivity index (χ2n) is 6.01. The Morgan fingerprint density at radius 2 is 1.86 bits per heavy atom. The number of nitrogens with one attached hydrogen (secondary N) is 1. The molecule has 0 amide bonds. The molecule has 0 fully saturated rings. The van der Waals surface area contributed by atoms with Gasteiger partial charge in [0.1, 0.15) is 18.5 Å². The quantitative estimate of drug-likeness (QED) is 0.732. The fraction of sp³-hybridized carbons (Fsp3) is 0.667. The van der Waals surface area contributed by atoms with Crippen LogP contribution in [0.4, 0.5) is 0 Å². The van der Waals surface area contributed by atoms with E-state index in [9.17, 15) is 5.11 Å². The molecule has 2 N–H and O–H groups in total. The molecule has 0 heterocycles. The fourth-order valence-electron chi connectivity index (χ4n) is 2.69. The number of aliphatic hydroxyl groups is 1. The van der Waals surface area contributed by atoms with Crippen molar-refractivity contribution in [3.8, 4) is 5.75 Å². The van der Waals surface area contributed by atoms with E-state index < -0.39 is 6.10 Å². The fourth-order valence-corrected chi connectivity index (χ4v) is 2.69. The Kier molecular flexibility index (Phi) is 7.76. The van der Waals surface area contributed by atoms with E-state index in [0.29, 0.717) is 25.1 Å². The zero-order chi connectivity index (χ0) is 15.8. The Morgan fingerprint density at radius 1 is 1.19 bits per heavy atom. The topological polar surface area (TPSA) is 41.5 Å². The molecule has 0 aliphatic carbocycles. The van der Waals surface area contributed by atoms with Crippen molar-refractivity contribution in [3.05, 3.63) is 29.3 Å². The second kappa shape index (κ2) is 9.06. The van der Waals surface area contributed by atoms with Crippen LogP contribution < -0.4 is 10.1 Å². The molecule has 21 heavy (non-hydrogen) atoms. The van der Waals surface area contributed by atoms with Gasteiger partial charge in [0.2, 0.25) is 0 Å². The summed E-state index contributed by atoms with van der Waals surface area (Å²) >= 11 is 0. The summed E-state index contributed by atoms with van der Waals surface area (Å²) in [7, 11) is 0. The summed E-state index contributed by atoms with van der Waals surface area (Å²) in [6, 6.07) is 6.52. The van der Waals surface area contributed by atoms with E-state index in [1.807, 2.05) is 19.1 Å². The zero-order valence-electron chi connectivity index (χ0n) is 14.1. The first kappa shape index (κ1) is 18.0. The van der Waals surface area contributed by atoms with Gasteiger partial charge in [0, 0.05) is 12.6 Å². The van der Waals surface area contributed by atoms with Gasteiger partial charge >= 0.3 is 0 Å². The first-order valence-electron chi connectivity index (χ1n) is 8.09. The first-order valence-corrected chi connectivity index (χ1v) is 8.09. The number of hydrogen-bond donors (Lipinski definition) is 2. The molecular formula is C18H31NO2. The van der Waals surface area contributed by atoms with Crippen LogP contribution in [0.5, 0.6) is 5.75 Å². The van der Waals surface area contributed by atoms with Crippen LogP contribution in [0, 0.1) is 19.8 Å². The van der Waals surface area contributed by atoms with E-state index in [4.69, 9.17) is 4.74 Å². The normalized spacial score (nSPS) is 14.2. The van der Waals surface area contributed by atoms with E-state index in [2.05, 4.69) is 39.1 Å². The maximum Gasteiger partial charge on any atom is 0.122 e. The third kappa shape index (κ3) is 6.06. The molecule has 3 heteroatoms. The van der Waals surface area contributed by atoms with Crippen molar-refractivity contribution < 1.29 is 9.84 Å². The van der Waals surface area contributed by atoms with Gasteiger partial charge in [-0.25, -0.2) is 0 Å². The number of ether oxygens (including phenoxy) is 1. The molecule has 3 nitrogen and oxygen atoms in total. The zero-order valence-corrected chi connectivity index (χ0v) is 14.1. The van der Waals surface area contributed by atoms with Crippen molar-refractivity contribution in [1.29, 1.82) is 0 Å². The predicted octanol–water partition coefficient (Wildman–Crippen LogP) is 3.46. The lowest BCUT2D eigenvalue weighted by atomic mass is 9.95. The third-order valence-electron chi connectivity index (χ3n) is 4.19. The lowest BCUT2D eigenvalue weighted by Crippen LogP contribution is -2.40. The van der Waals surface area contributed by atoms with Gasteiger partial charge in [-0.1, -0.05) is 44.4 Å². The lowest BCUT2D eigenvalue weighted by molar-refractivity contribution is 0.101. The molecule has 2 atom stereocenters. The summed E-state index contributed by atoms with van der Waals surface area (Å²) in [5.74, 6) is 1.52. The van der Waals surface area contributed by atoms with E-state index in [-0.39, 0.29) is 0 Å². The Balaban J connectivity index is 2.35. The van der Waals surface area contributed by atoms with Crippen molar-refractivity contribution in [2.24, 2.45) is 5.92 Å². The van der Waals surface area contributed by atoms with Crippen LogP contribution in [0.2, 0.25) is 0 Å². The summed E-state index contributed by atoms with van der Waals surface area (Å²) in [5, 5.41) is 13.5. The smallest absolute Gasteiger partial charge is 0.122 e. The molecule has 1 aromatic rings. The minimum Gasteiger partial charge on any atom is -0.491 e. The molecule has 0 saturated carbocycles. The standard InChI is InChI=1S/C18H31NO2/c1-6-16(7-2)15(5)19-11-17(20)12-21-18-9-8-13(3)10-14(18)4/h8-10,15-17,19-20H,6-7,11-12H2,1-5H3. The molecule has 0 aliphatic heterocycles. The van der Waals surface area contributed by atoms with E-state index in [1.165, 1.54) is 18.4 Å². The van der Waals surface area contributed by atoms with Crippen LogP contribution in [0.25, 0.3) is 0 Å². The van der Waals surface area contributed by atoms with E-state index in [0.717, 1.165) is 11.3 Å². The molecule has 0 bridgehead atoms. The van der Waals surface area contributed by atoms with E-state index in [1.54, 1.807) is 0 Å². The van der Waals surface area contributed by atoms with Gasteiger partial charge in [-0.2, -0.15) is 0 Å². The van der Waals surface area contributed by atoms with Crippen LogP contribution in [0.3, 0.4) is 0 Å². The molecule has 0 aromatic heterocycles.